The Balaban J connectivity index is 3.34. The van der Waals surface area contributed by atoms with E-state index in [-0.39, 0.29) is 6.07 Å². The molecular formula is C12H7F7O4. The van der Waals surface area contributed by atoms with Crippen LogP contribution in [-0.4, -0.2) is 41.7 Å². The summed E-state index contributed by atoms with van der Waals surface area (Å²) in [7, 11) is 0.982. The Kier molecular flexibility index (Phi) is 4.64. The highest BCUT2D eigenvalue weighted by atomic mass is 19.3. The van der Waals surface area contributed by atoms with Gasteiger partial charge in [0.1, 0.15) is 0 Å². The molecule has 11 heteroatoms. The van der Waals surface area contributed by atoms with Crippen molar-refractivity contribution in [3.8, 4) is 5.75 Å². The molecule has 0 aliphatic carbocycles. The molecule has 4 nitrogen and oxygen atoms in total. The molecule has 1 aromatic carbocycles. The number of methoxy groups -OCH3 is 1. The van der Waals surface area contributed by atoms with E-state index in [0.29, 0.717) is 12.1 Å². The van der Waals surface area contributed by atoms with Gasteiger partial charge in [0.05, 0.1) is 7.11 Å². The third kappa shape index (κ3) is 2.82. The second kappa shape index (κ2) is 5.70. The van der Waals surface area contributed by atoms with E-state index in [1.165, 1.54) is 0 Å². The van der Waals surface area contributed by atoms with Gasteiger partial charge in [0.2, 0.25) is 5.78 Å². The summed E-state index contributed by atoms with van der Waals surface area (Å²) in [6.45, 7) is 0. The molecule has 0 saturated carbocycles. The highest BCUT2D eigenvalue weighted by Crippen LogP contribution is 2.47. The van der Waals surface area contributed by atoms with E-state index in [2.05, 4.69) is 4.74 Å². The Hall–Kier alpha value is -2.33. The predicted molar refractivity (Wildman–Crippen MR) is 59.8 cm³/mol. The van der Waals surface area contributed by atoms with Crippen molar-refractivity contribution in [3.05, 3.63) is 29.6 Å². The topological polar surface area (TPSA) is 63.6 Å². The normalized spacial score (nSPS) is 12.9. The smallest absolute Gasteiger partial charge is 0.411 e. The summed E-state index contributed by atoms with van der Waals surface area (Å²) < 4.78 is 96.6. The van der Waals surface area contributed by atoms with Crippen LogP contribution in [0.15, 0.2) is 18.2 Å². The van der Waals surface area contributed by atoms with E-state index >= 15 is 0 Å². The number of Topliss-reactive ketones (excluding diaryl/α,β-unsaturated/α-hetero) is 1. The molecule has 0 unspecified atom stereocenters. The highest BCUT2D eigenvalue weighted by molar-refractivity contribution is 6.02. The Bertz CT molecular complexity index is 642. The first-order chi connectivity index (χ1) is 10.3. The molecule has 0 aromatic heterocycles. The molecule has 1 rings (SSSR count). The number of carboxylic acids is 1. The lowest BCUT2D eigenvalue weighted by atomic mass is 9.96. The van der Waals surface area contributed by atoms with E-state index < -0.39 is 46.7 Å². The second-order valence-electron chi connectivity index (χ2n) is 4.21. The summed E-state index contributed by atoms with van der Waals surface area (Å²) in [6.07, 6.45) is 0. The van der Waals surface area contributed by atoms with Gasteiger partial charge in [0.25, 0.3) is 0 Å². The van der Waals surface area contributed by atoms with Gasteiger partial charge >= 0.3 is 23.7 Å². The summed E-state index contributed by atoms with van der Waals surface area (Å²) in [6, 6.07) is 1.14. The number of benzene rings is 1. The molecule has 0 saturated heterocycles. The molecule has 1 N–H and O–H groups in total. The molecule has 128 valence electrons. The van der Waals surface area contributed by atoms with Crippen LogP contribution in [0.25, 0.3) is 0 Å². The maximum Gasteiger partial charge on any atom is 0.411 e. The summed E-state index contributed by atoms with van der Waals surface area (Å²) in [5.41, 5.74) is -1.37. The van der Waals surface area contributed by atoms with Gasteiger partial charge in [-0.3, -0.25) is 4.79 Å². The molecule has 0 heterocycles. The molecular weight excluding hydrogens is 341 g/mol. The second-order valence-corrected chi connectivity index (χ2v) is 4.21. The van der Waals surface area contributed by atoms with E-state index in [9.17, 15) is 40.3 Å². The van der Waals surface area contributed by atoms with Crippen LogP contribution in [0, 0.1) is 5.82 Å². The van der Waals surface area contributed by atoms with Crippen LogP contribution in [-0.2, 0) is 4.79 Å². The average Bonchev–Trinajstić information content (AvgIpc) is 2.45. The van der Waals surface area contributed by atoms with E-state index in [4.69, 9.17) is 5.11 Å². The number of hydrogen-bond donors (Lipinski definition) is 1. The molecule has 0 atom stereocenters. The van der Waals surface area contributed by atoms with Crippen LogP contribution in [0.1, 0.15) is 10.4 Å². The number of halogens is 7. The van der Waals surface area contributed by atoms with Crippen LogP contribution in [0.5, 0.6) is 5.75 Å². The van der Waals surface area contributed by atoms with Crippen molar-refractivity contribution in [2.24, 2.45) is 0 Å². The number of hydrogen-bond acceptors (Lipinski definition) is 3. The minimum absolute atomic E-state index is 0.0735. The van der Waals surface area contributed by atoms with Crippen molar-refractivity contribution in [2.75, 3.05) is 7.11 Å². The molecule has 0 fully saturated rings. The molecule has 0 spiro atoms. The number of aliphatic carboxylic acids is 1. The van der Waals surface area contributed by atoms with Crippen LogP contribution < -0.4 is 4.74 Å². The zero-order valence-electron chi connectivity index (χ0n) is 11.0. The standard InChI is InChI=1S/C12H7F7O4/c1-23-7-3-2-5(4-6(7)13)8(20)10(14,15)12(18,19)11(16,17)9(21)22/h2-4H,1H3,(H,21,22). The third-order valence-electron chi connectivity index (χ3n) is 2.76. The summed E-state index contributed by atoms with van der Waals surface area (Å²) >= 11 is 0. The molecule has 0 aliphatic rings. The Labute approximate surface area is 123 Å². The Morgan fingerprint density at radius 3 is 1.96 bits per heavy atom. The van der Waals surface area contributed by atoms with Crippen molar-refractivity contribution in [1.29, 1.82) is 0 Å². The fourth-order valence-electron chi connectivity index (χ4n) is 1.46. The van der Waals surface area contributed by atoms with Gasteiger partial charge in [-0.05, 0) is 18.2 Å². The summed E-state index contributed by atoms with van der Waals surface area (Å²) in [5.74, 6) is -27.2. The van der Waals surface area contributed by atoms with E-state index in [1.807, 2.05) is 0 Å². The number of carbonyl (C=O) groups is 2. The van der Waals surface area contributed by atoms with E-state index in [1.54, 1.807) is 0 Å². The first kappa shape index (κ1) is 18.7. The van der Waals surface area contributed by atoms with Crippen molar-refractivity contribution in [2.45, 2.75) is 17.8 Å². The molecule has 0 radical (unpaired) electrons. The van der Waals surface area contributed by atoms with Crippen LogP contribution in [0.3, 0.4) is 0 Å². The number of alkyl halides is 6. The number of rotatable bonds is 6. The highest BCUT2D eigenvalue weighted by Gasteiger charge is 2.78. The predicted octanol–water partition coefficient (Wildman–Crippen LogP) is 3.01. The minimum Gasteiger partial charge on any atom is -0.494 e. The fourth-order valence-corrected chi connectivity index (χ4v) is 1.46. The van der Waals surface area contributed by atoms with Crippen molar-refractivity contribution >= 4 is 11.8 Å². The summed E-state index contributed by atoms with van der Waals surface area (Å²) in [4.78, 5) is 21.4. The molecule has 23 heavy (non-hydrogen) atoms. The van der Waals surface area contributed by atoms with Crippen LogP contribution >= 0.6 is 0 Å². The fraction of sp³-hybridized carbons (Fsp3) is 0.333. The molecule has 0 amide bonds. The van der Waals surface area contributed by atoms with Gasteiger partial charge in [-0.15, -0.1) is 0 Å². The van der Waals surface area contributed by atoms with E-state index in [0.717, 1.165) is 7.11 Å². The molecule has 0 bridgehead atoms. The lowest BCUT2D eigenvalue weighted by Gasteiger charge is -2.29. The van der Waals surface area contributed by atoms with Gasteiger partial charge in [0, 0.05) is 5.56 Å². The summed E-state index contributed by atoms with van der Waals surface area (Å²) in [5, 5.41) is 7.95. The number of carboxylic acid groups (broad SMARTS) is 1. The van der Waals surface area contributed by atoms with Gasteiger partial charge in [-0.25, -0.2) is 9.18 Å². The Morgan fingerprint density at radius 2 is 1.57 bits per heavy atom. The van der Waals surface area contributed by atoms with Crippen molar-refractivity contribution < 1.29 is 50.2 Å². The first-order valence-electron chi connectivity index (χ1n) is 5.56. The molecule has 1 aromatic rings. The largest absolute Gasteiger partial charge is 0.494 e. The van der Waals surface area contributed by atoms with Gasteiger partial charge in [0.15, 0.2) is 11.6 Å². The van der Waals surface area contributed by atoms with Gasteiger partial charge in [-0.2, -0.15) is 26.3 Å². The lowest BCUT2D eigenvalue weighted by molar-refractivity contribution is -0.285. The third-order valence-corrected chi connectivity index (χ3v) is 2.76. The molecule has 0 aliphatic heterocycles. The lowest BCUT2D eigenvalue weighted by Crippen LogP contribution is -2.60. The zero-order chi connectivity index (χ0) is 18.2. The number of ether oxygens (including phenoxy) is 1. The average molecular weight is 348 g/mol. The van der Waals surface area contributed by atoms with Crippen molar-refractivity contribution in [3.63, 3.8) is 0 Å². The minimum atomic E-state index is -6.54. The van der Waals surface area contributed by atoms with Crippen LogP contribution in [0.4, 0.5) is 30.7 Å². The number of carbonyl (C=O) groups excluding carboxylic acids is 1. The quantitative estimate of drug-likeness (QED) is 0.634. The SMILES string of the molecule is COc1ccc(C(=O)C(F)(F)C(F)(F)C(F)(F)C(=O)O)cc1F. The van der Waals surface area contributed by atoms with Gasteiger partial charge < -0.3 is 9.84 Å². The van der Waals surface area contributed by atoms with Crippen LogP contribution in [0.2, 0.25) is 0 Å². The first-order valence-corrected chi connectivity index (χ1v) is 5.56. The number of ketones is 1. The zero-order valence-corrected chi connectivity index (χ0v) is 11.0. The Morgan fingerprint density at radius 1 is 1.04 bits per heavy atom. The van der Waals surface area contributed by atoms with Crippen molar-refractivity contribution in [1.82, 2.24) is 0 Å². The maximum atomic E-state index is 13.5. The monoisotopic (exact) mass is 348 g/mol. The maximum absolute atomic E-state index is 13.5. The van der Waals surface area contributed by atoms with Gasteiger partial charge in [-0.1, -0.05) is 0 Å².